The summed E-state index contributed by atoms with van der Waals surface area (Å²) in [6.07, 6.45) is 6.39. The standard InChI is InChI=1S/C14H22ClN5O/c1-10-6-12(2-4-16-10)18-14(21)19-5-3-13(9-19)20-8-11(15)7-17-20/h7-8,10,12-13,16H,2-6,9H2,1H3,(H,18,21). The Bertz CT molecular complexity index is 505. The van der Waals surface area contributed by atoms with E-state index in [-0.39, 0.29) is 18.1 Å². The van der Waals surface area contributed by atoms with E-state index in [1.165, 1.54) is 0 Å². The van der Waals surface area contributed by atoms with Crippen LogP contribution in [0.3, 0.4) is 0 Å². The maximum atomic E-state index is 12.3. The average Bonchev–Trinajstić information content (AvgIpc) is 3.07. The van der Waals surface area contributed by atoms with Crippen molar-refractivity contribution in [3.63, 3.8) is 0 Å². The first-order valence-corrected chi connectivity index (χ1v) is 7.98. The van der Waals surface area contributed by atoms with Crippen LogP contribution in [0.25, 0.3) is 0 Å². The molecule has 2 saturated heterocycles. The SMILES string of the molecule is CC1CC(NC(=O)N2CCC(n3cc(Cl)cn3)C2)CCN1. The van der Waals surface area contributed by atoms with Crippen molar-refractivity contribution in [2.45, 2.75) is 44.3 Å². The molecule has 2 aliphatic heterocycles. The molecule has 3 heterocycles. The van der Waals surface area contributed by atoms with Crippen LogP contribution < -0.4 is 10.6 Å². The quantitative estimate of drug-likeness (QED) is 0.872. The van der Waals surface area contributed by atoms with E-state index in [1.807, 2.05) is 15.8 Å². The number of likely N-dealkylation sites (tertiary alicyclic amines) is 1. The summed E-state index contributed by atoms with van der Waals surface area (Å²) in [5.74, 6) is 0. The van der Waals surface area contributed by atoms with Gasteiger partial charge in [-0.25, -0.2) is 4.79 Å². The lowest BCUT2D eigenvalue weighted by molar-refractivity contribution is 0.197. The molecule has 1 aromatic rings. The zero-order valence-corrected chi connectivity index (χ0v) is 13.0. The topological polar surface area (TPSA) is 62.2 Å². The molecule has 0 aromatic carbocycles. The van der Waals surface area contributed by atoms with Crippen LogP contribution in [-0.2, 0) is 0 Å². The molecule has 0 saturated carbocycles. The monoisotopic (exact) mass is 311 g/mol. The average molecular weight is 312 g/mol. The summed E-state index contributed by atoms with van der Waals surface area (Å²) >= 11 is 5.90. The van der Waals surface area contributed by atoms with Gasteiger partial charge in [0, 0.05) is 31.4 Å². The third-order valence-corrected chi connectivity index (χ3v) is 4.54. The fourth-order valence-electron chi connectivity index (χ4n) is 3.19. The van der Waals surface area contributed by atoms with Crippen LogP contribution in [0.1, 0.15) is 32.2 Å². The smallest absolute Gasteiger partial charge is 0.317 e. The molecule has 2 amide bonds. The van der Waals surface area contributed by atoms with E-state index in [9.17, 15) is 4.79 Å². The molecule has 0 aliphatic carbocycles. The third kappa shape index (κ3) is 3.49. The van der Waals surface area contributed by atoms with E-state index in [0.29, 0.717) is 17.6 Å². The fraction of sp³-hybridized carbons (Fsp3) is 0.714. The second kappa shape index (κ2) is 6.23. The van der Waals surface area contributed by atoms with Gasteiger partial charge in [0.15, 0.2) is 0 Å². The van der Waals surface area contributed by atoms with Crippen molar-refractivity contribution >= 4 is 17.6 Å². The highest BCUT2D eigenvalue weighted by Crippen LogP contribution is 2.22. The number of carbonyl (C=O) groups is 1. The molecule has 3 rings (SSSR count). The van der Waals surface area contributed by atoms with Gasteiger partial charge in [-0.05, 0) is 32.7 Å². The van der Waals surface area contributed by atoms with Crippen molar-refractivity contribution < 1.29 is 4.79 Å². The van der Waals surface area contributed by atoms with E-state index in [0.717, 1.165) is 32.4 Å². The van der Waals surface area contributed by atoms with Crippen molar-refractivity contribution in [3.05, 3.63) is 17.4 Å². The zero-order valence-electron chi connectivity index (χ0n) is 12.3. The fourth-order valence-corrected chi connectivity index (χ4v) is 3.33. The van der Waals surface area contributed by atoms with Crippen molar-refractivity contribution in [2.75, 3.05) is 19.6 Å². The Labute approximate surface area is 129 Å². The van der Waals surface area contributed by atoms with Crippen molar-refractivity contribution in [3.8, 4) is 0 Å². The van der Waals surface area contributed by atoms with Gasteiger partial charge in [0.25, 0.3) is 0 Å². The van der Waals surface area contributed by atoms with E-state index >= 15 is 0 Å². The molecule has 0 bridgehead atoms. The van der Waals surface area contributed by atoms with Crippen LogP contribution in [0.2, 0.25) is 5.02 Å². The van der Waals surface area contributed by atoms with Gasteiger partial charge >= 0.3 is 6.03 Å². The molecule has 2 N–H and O–H groups in total. The van der Waals surface area contributed by atoms with Crippen molar-refractivity contribution in [2.24, 2.45) is 0 Å². The Morgan fingerprint density at radius 2 is 2.38 bits per heavy atom. The highest BCUT2D eigenvalue weighted by atomic mass is 35.5. The van der Waals surface area contributed by atoms with E-state index in [2.05, 4.69) is 22.7 Å². The minimum absolute atomic E-state index is 0.0508. The van der Waals surface area contributed by atoms with Crippen LogP contribution >= 0.6 is 11.6 Å². The van der Waals surface area contributed by atoms with E-state index < -0.39 is 0 Å². The number of hydrogen-bond donors (Lipinski definition) is 2. The zero-order chi connectivity index (χ0) is 14.8. The molecule has 3 unspecified atom stereocenters. The summed E-state index contributed by atoms with van der Waals surface area (Å²) in [5, 5.41) is 11.4. The molecule has 2 aliphatic rings. The number of nitrogens with zero attached hydrogens (tertiary/aromatic N) is 3. The van der Waals surface area contributed by atoms with Crippen LogP contribution in [-0.4, -0.2) is 52.4 Å². The number of aromatic nitrogens is 2. The molecule has 3 atom stereocenters. The second-order valence-corrected chi connectivity index (χ2v) is 6.49. The molecule has 0 radical (unpaired) electrons. The lowest BCUT2D eigenvalue weighted by Gasteiger charge is -2.30. The number of piperidine rings is 1. The Morgan fingerprint density at radius 3 is 3.10 bits per heavy atom. The maximum absolute atomic E-state index is 12.3. The normalized spacial score (nSPS) is 29.6. The summed E-state index contributed by atoms with van der Waals surface area (Å²) in [6, 6.07) is 1.04. The van der Waals surface area contributed by atoms with Crippen LogP contribution in [0.5, 0.6) is 0 Å². The number of nitrogens with one attached hydrogen (secondary N) is 2. The van der Waals surface area contributed by atoms with Gasteiger partial charge in [-0.1, -0.05) is 11.6 Å². The second-order valence-electron chi connectivity index (χ2n) is 6.05. The summed E-state index contributed by atoms with van der Waals surface area (Å²) in [7, 11) is 0. The van der Waals surface area contributed by atoms with Gasteiger partial charge in [-0.2, -0.15) is 5.10 Å². The number of urea groups is 1. The van der Waals surface area contributed by atoms with Gasteiger partial charge in [0.2, 0.25) is 0 Å². The van der Waals surface area contributed by atoms with Gasteiger partial charge in [-0.15, -0.1) is 0 Å². The number of amides is 2. The summed E-state index contributed by atoms with van der Waals surface area (Å²) in [5.41, 5.74) is 0. The van der Waals surface area contributed by atoms with Crippen molar-refractivity contribution in [1.29, 1.82) is 0 Å². The van der Waals surface area contributed by atoms with E-state index in [4.69, 9.17) is 11.6 Å². The first-order chi connectivity index (χ1) is 10.1. The number of hydrogen-bond acceptors (Lipinski definition) is 3. The molecule has 1 aromatic heterocycles. The molecule has 7 heteroatoms. The highest BCUT2D eigenvalue weighted by Gasteiger charge is 2.29. The molecule has 2 fully saturated rings. The number of halogens is 1. The third-order valence-electron chi connectivity index (χ3n) is 4.35. The Kier molecular flexibility index (Phi) is 4.35. The summed E-state index contributed by atoms with van der Waals surface area (Å²) in [4.78, 5) is 14.2. The minimum atomic E-state index is 0.0508. The van der Waals surface area contributed by atoms with Gasteiger partial charge in [0.1, 0.15) is 0 Å². The first kappa shape index (κ1) is 14.7. The van der Waals surface area contributed by atoms with E-state index in [1.54, 1.807) is 6.20 Å². The van der Waals surface area contributed by atoms with Crippen LogP contribution in [0.15, 0.2) is 12.4 Å². The number of carbonyl (C=O) groups excluding carboxylic acids is 1. The molecule has 6 nitrogen and oxygen atoms in total. The lowest BCUT2D eigenvalue weighted by Crippen LogP contribution is -2.50. The predicted molar refractivity (Wildman–Crippen MR) is 81.5 cm³/mol. The summed E-state index contributed by atoms with van der Waals surface area (Å²) in [6.45, 7) is 4.60. The first-order valence-electron chi connectivity index (χ1n) is 7.60. The molecule has 0 spiro atoms. The molecular formula is C14H22ClN5O. The Balaban J connectivity index is 1.52. The van der Waals surface area contributed by atoms with Crippen LogP contribution in [0.4, 0.5) is 4.79 Å². The van der Waals surface area contributed by atoms with Crippen LogP contribution in [0, 0.1) is 0 Å². The minimum Gasteiger partial charge on any atom is -0.335 e. The Morgan fingerprint density at radius 1 is 1.52 bits per heavy atom. The Hall–Kier alpha value is -1.27. The number of rotatable bonds is 2. The largest absolute Gasteiger partial charge is 0.335 e. The van der Waals surface area contributed by atoms with Gasteiger partial charge in [-0.3, -0.25) is 4.68 Å². The maximum Gasteiger partial charge on any atom is 0.317 e. The molecular weight excluding hydrogens is 290 g/mol. The van der Waals surface area contributed by atoms with Gasteiger partial charge < -0.3 is 15.5 Å². The van der Waals surface area contributed by atoms with Crippen molar-refractivity contribution in [1.82, 2.24) is 25.3 Å². The summed E-state index contributed by atoms with van der Waals surface area (Å²) < 4.78 is 1.86. The highest BCUT2D eigenvalue weighted by molar-refractivity contribution is 6.30. The predicted octanol–water partition coefficient (Wildman–Crippen LogP) is 1.63. The molecule has 116 valence electrons. The lowest BCUT2D eigenvalue weighted by atomic mass is 10.0. The van der Waals surface area contributed by atoms with Gasteiger partial charge in [0.05, 0.1) is 17.3 Å². The molecule has 21 heavy (non-hydrogen) atoms.